The molecule has 2 heteroatoms. The lowest BCUT2D eigenvalue weighted by Gasteiger charge is -2.34. The van der Waals surface area contributed by atoms with Gasteiger partial charge in [0.1, 0.15) is 6.10 Å². The van der Waals surface area contributed by atoms with Gasteiger partial charge in [0.25, 0.3) is 0 Å². The molecule has 1 aliphatic heterocycles. The molecule has 0 radical (unpaired) electrons. The van der Waals surface area contributed by atoms with Crippen LogP contribution < -0.4 is 0 Å². The molecule has 0 aromatic rings. The Bertz CT molecular complexity index is 131. The molecule has 0 saturated carbocycles. The highest BCUT2D eigenvalue weighted by molar-refractivity contribution is 5.78. The van der Waals surface area contributed by atoms with Crippen LogP contribution in [0.2, 0.25) is 0 Å². The normalized spacial score (nSPS) is 31.2. The minimum atomic E-state index is 0.000880. The third-order valence-electron chi connectivity index (χ3n) is 2.03. The smallest absolute Gasteiger partial charge is 0.312 e. The lowest BCUT2D eigenvalue weighted by Crippen LogP contribution is -2.44. The van der Waals surface area contributed by atoms with E-state index in [2.05, 4.69) is 6.92 Å². The monoisotopic (exact) mass is 142 g/mol. The van der Waals surface area contributed by atoms with Crippen molar-refractivity contribution in [3.63, 3.8) is 0 Å². The Labute approximate surface area is 61.6 Å². The molecule has 1 heterocycles. The molecule has 1 fully saturated rings. The zero-order valence-corrected chi connectivity index (χ0v) is 6.59. The van der Waals surface area contributed by atoms with Crippen LogP contribution in [-0.4, -0.2) is 12.1 Å². The largest absolute Gasteiger partial charge is 0.461 e. The van der Waals surface area contributed by atoms with Gasteiger partial charge in [-0.25, -0.2) is 0 Å². The summed E-state index contributed by atoms with van der Waals surface area (Å²) in [6.07, 6.45) is 3.31. The molecule has 2 nitrogen and oxygen atoms in total. The van der Waals surface area contributed by atoms with Gasteiger partial charge < -0.3 is 4.74 Å². The van der Waals surface area contributed by atoms with Gasteiger partial charge in [0, 0.05) is 0 Å². The SMILES string of the molecule is CCC[C@H]1OC(=O)[C@H]1CC. The van der Waals surface area contributed by atoms with Crippen molar-refractivity contribution in [3.8, 4) is 0 Å². The summed E-state index contributed by atoms with van der Waals surface area (Å²) in [5.74, 6) is 0.209. The van der Waals surface area contributed by atoms with Gasteiger partial charge in [-0.2, -0.15) is 0 Å². The van der Waals surface area contributed by atoms with Crippen molar-refractivity contribution in [1.29, 1.82) is 0 Å². The summed E-state index contributed by atoms with van der Waals surface area (Å²) in [6, 6.07) is 0. The summed E-state index contributed by atoms with van der Waals surface area (Å²) in [5, 5.41) is 0. The second kappa shape index (κ2) is 3.04. The molecule has 0 aromatic carbocycles. The predicted molar refractivity (Wildman–Crippen MR) is 38.6 cm³/mol. The second-order valence-corrected chi connectivity index (χ2v) is 2.78. The number of carbonyl (C=O) groups excluding carboxylic acids is 1. The molecule has 0 aromatic heterocycles. The Hall–Kier alpha value is -0.530. The molecule has 10 heavy (non-hydrogen) atoms. The first-order valence-electron chi connectivity index (χ1n) is 4.00. The van der Waals surface area contributed by atoms with E-state index in [9.17, 15) is 4.79 Å². The molecule has 0 unspecified atom stereocenters. The van der Waals surface area contributed by atoms with E-state index >= 15 is 0 Å². The van der Waals surface area contributed by atoms with Crippen LogP contribution in [0.5, 0.6) is 0 Å². The Balaban J connectivity index is 2.30. The van der Waals surface area contributed by atoms with Crippen molar-refractivity contribution in [1.82, 2.24) is 0 Å². The highest BCUT2D eigenvalue weighted by Crippen LogP contribution is 2.28. The summed E-state index contributed by atoms with van der Waals surface area (Å²) >= 11 is 0. The predicted octanol–water partition coefficient (Wildman–Crippen LogP) is 1.74. The van der Waals surface area contributed by atoms with Crippen LogP contribution in [-0.2, 0) is 9.53 Å². The van der Waals surface area contributed by atoms with E-state index in [-0.39, 0.29) is 18.0 Å². The summed E-state index contributed by atoms with van der Waals surface area (Å²) in [4.78, 5) is 10.7. The highest BCUT2D eigenvalue weighted by atomic mass is 16.6. The highest BCUT2D eigenvalue weighted by Gasteiger charge is 2.39. The number of carbonyl (C=O) groups is 1. The van der Waals surface area contributed by atoms with E-state index < -0.39 is 0 Å². The Morgan fingerprint density at radius 3 is 2.60 bits per heavy atom. The van der Waals surface area contributed by atoms with Crippen molar-refractivity contribution in [2.75, 3.05) is 0 Å². The molecule has 1 saturated heterocycles. The third-order valence-corrected chi connectivity index (χ3v) is 2.03. The maximum atomic E-state index is 10.7. The number of cyclic esters (lactones) is 1. The Morgan fingerprint density at radius 2 is 2.20 bits per heavy atom. The van der Waals surface area contributed by atoms with E-state index in [0.29, 0.717) is 0 Å². The first kappa shape index (κ1) is 7.58. The van der Waals surface area contributed by atoms with Crippen LogP contribution in [0.4, 0.5) is 0 Å². The minimum absolute atomic E-state index is 0.000880. The van der Waals surface area contributed by atoms with E-state index in [1.807, 2.05) is 6.92 Å². The van der Waals surface area contributed by atoms with Crippen molar-refractivity contribution >= 4 is 5.97 Å². The number of rotatable bonds is 3. The molecule has 58 valence electrons. The topological polar surface area (TPSA) is 26.3 Å². The van der Waals surface area contributed by atoms with Crippen molar-refractivity contribution in [3.05, 3.63) is 0 Å². The van der Waals surface area contributed by atoms with Gasteiger partial charge in [-0.1, -0.05) is 20.3 Å². The maximum Gasteiger partial charge on any atom is 0.312 e. The van der Waals surface area contributed by atoms with Gasteiger partial charge in [-0.15, -0.1) is 0 Å². The van der Waals surface area contributed by atoms with E-state index in [1.54, 1.807) is 0 Å². The molecule has 2 atom stereocenters. The van der Waals surface area contributed by atoms with Crippen LogP contribution in [0.25, 0.3) is 0 Å². The number of esters is 1. The summed E-state index contributed by atoms with van der Waals surface area (Å²) < 4.78 is 4.94. The number of hydrogen-bond acceptors (Lipinski definition) is 2. The fourth-order valence-corrected chi connectivity index (χ4v) is 1.37. The average molecular weight is 142 g/mol. The van der Waals surface area contributed by atoms with Gasteiger partial charge in [0.2, 0.25) is 0 Å². The molecular weight excluding hydrogens is 128 g/mol. The van der Waals surface area contributed by atoms with E-state index in [0.717, 1.165) is 19.3 Å². The van der Waals surface area contributed by atoms with Gasteiger partial charge in [0.15, 0.2) is 0 Å². The van der Waals surface area contributed by atoms with Crippen molar-refractivity contribution in [2.45, 2.75) is 39.2 Å². The number of hydrogen-bond donors (Lipinski definition) is 0. The quantitative estimate of drug-likeness (QED) is 0.561. The zero-order valence-electron chi connectivity index (χ0n) is 6.59. The van der Waals surface area contributed by atoms with Crippen LogP contribution in [0.15, 0.2) is 0 Å². The zero-order chi connectivity index (χ0) is 7.56. The lowest BCUT2D eigenvalue weighted by molar-refractivity contribution is -0.185. The molecule has 0 amide bonds. The maximum absolute atomic E-state index is 10.7. The van der Waals surface area contributed by atoms with Crippen LogP contribution in [0.3, 0.4) is 0 Å². The molecular formula is C8H14O2. The van der Waals surface area contributed by atoms with Gasteiger partial charge in [0.05, 0.1) is 5.92 Å². The minimum Gasteiger partial charge on any atom is -0.461 e. The molecule has 1 rings (SSSR count). The Kier molecular flexibility index (Phi) is 2.30. The van der Waals surface area contributed by atoms with Crippen LogP contribution in [0.1, 0.15) is 33.1 Å². The molecule has 1 aliphatic rings. The van der Waals surface area contributed by atoms with E-state index in [1.165, 1.54) is 0 Å². The lowest BCUT2D eigenvalue weighted by atomic mass is 9.91. The summed E-state index contributed by atoms with van der Waals surface area (Å²) in [7, 11) is 0. The first-order chi connectivity index (χ1) is 4.79. The number of ether oxygens (including phenoxy) is 1. The summed E-state index contributed by atoms with van der Waals surface area (Å²) in [6.45, 7) is 4.15. The van der Waals surface area contributed by atoms with E-state index in [4.69, 9.17) is 4.74 Å². The molecule has 0 bridgehead atoms. The van der Waals surface area contributed by atoms with Crippen LogP contribution >= 0.6 is 0 Å². The standard InChI is InChI=1S/C8H14O2/c1-3-5-7-6(4-2)8(9)10-7/h6-7H,3-5H2,1-2H3/t6-,7+/m0/s1. The van der Waals surface area contributed by atoms with Crippen LogP contribution in [0, 0.1) is 5.92 Å². The average Bonchev–Trinajstić information content (AvgIpc) is 1.88. The van der Waals surface area contributed by atoms with Gasteiger partial charge in [-0.3, -0.25) is 4.79 Å². The third kappa shape index (κ3) is 1.15. The van der Waals surface area contributed by atoms with Gasteiger partial charge >= 0.3 is 5.97 Å². The van der Waals surface area contributed by atoms with Crippen molar-refractivity contribution in [2.24, 2.45) is 5.92 Å². The van der Waals surface area contributed by atoms with Gasteiger partial charge in [-0.05, 0) is 12.8 Å². The molecule has 0 aliphatic carbocycles. The Morgan fingerprint density at radius 1 is 1.50 bits per heavy atom. The second-order valence-electron chi connectivity index (χ2n) is 2.78. The summed E-state index contributed by atoms with van der Waals surface area (Å²) in [5.41, 5.74) is 0. The molecule has 0 N–H and O–H groups in total. The fourth-order valence-electron chi connectivity index (χ4n) is 1.37. The van der Waals surface area contributed by atoms with Crippen molar-refractivity contribution < 1.29 is 9.53 Å². The molecule has 0 spiro atoms. The fraction of sp³-hybridized carbons (Fsp3) is 0.875. The first-order valence-corrected chi connectivity index (χ1v) is 4.00.